The van der Waals surface area contributed by atoms with Crippen LogP contribution in [0.4, 0.5) is 13.2 Å². The number of likely N-dealkylation sites (tertiary alicyclic amines) is 1. The molecule has 1 saturated carbocycles. The van der Waals surface area contributed by atoms with Gasteiger partial charge in [0.1, 0.15) is 5.75 Å². The molecular formula is C18H22F3NO3S. The lowest BCUT2D eigenvalue weighted by atomic mass is 9.52. The number of benzene rings is 1. The van der Waals surface area contributed by atoms with Gasteiger partial charge in [-0.1, -0.05) is 18.9 Å². The summed E-state index contributed by atoms with van der Waals surface area (Å²) in [5, 5.41) is 0. The number of fused-ring (bicyclic) bond motifs is 1. The average Bonchev–Trinajstić information content (AvgIpc) is 2.57. The molecule has 0 unspecified atom stereocenters. The Balaban J connectivity index is 1.76. The van der Waals surface area contributed by atoms with Gasteiger partial charge in [0.2, 0.25) is 0 Å². The van der Waals surface area contributed by atoms with Crippen LogP contribution in [-0.2, 0) is 22.0 Å². The normalized spacial score (nSPS) is 31.8. The van der Waals surface area contributed by atoms with E-state index in [2.05, 4.69) is 16.1 Å². The lowest BCUT2D eigenvalue weighted by Crippen LogP contribution is -2.59. The molecule has 2 bridgehead atoms. The van der Waals surface area contributed by atoms with Crippen LogP contribution in [0.2, 0.25) is 0 Å². The van der Waals surface area contributed by atoms with Gasteiger partial charge in [-0.3, -0.25) is 0 Å². The number of hydrogen-bond acceptors (Lipinski definition) is 4. The largest absolute Gasteiger partial charge is 0.534 e. The molecule has 2 aliphatic carbocycles. The van der Waals surface area contributed by atoms with E-state index in [0.717, 1.165) is 49.8 Å². The Bertz CT molecular complexity index is 823. The van der Waals surface area contributed by atoms with Crippen molar-refractivity contribution < 1.29 is 25.8 Å². The molecule has 0 aromatic heterocycles. The Hall–Kier alpha value is -1.28. The van der Waals surface area contributed by atoms with Crippen LogP contribution >= 0.6 is 0 Å². The highest BCUT2D eigenvalue weighted by atomic mass is 32.2. The maximum absolute atomic E-state index is 12.7. The number of nitrogens with zero attached hydrogens (tertiary/aromatic N) is 1. The third kappa shape index (κ3) is 2.64. The van der Waals surface area contributed by atoms with Crippen LogP contribution in [0.1, 0.15) is 43.2 Å². The fourth-order valence-electron chi connectivity index (χ4n) is 5.40. The van der Waals surface area contributed by atoms with Gasteiger partial charge in [-0.05, 0) is 68.5 Å². The van der Waals surface area contributed by atoms with Crippen LogP contribution < -0.4 is 4.18 Å². The van der Waals surface area contributed by atoms with Crippen molar-refractivity contribution in [3.05, 3.63) is 29.3 Å². The van der Waals surface area contributed by atoms with Crippen LogP contribution in [0.3, 0.4) is 0 Å². The van der Waals surface area contributed by atoms with E-state index in [1.54, 1.807) is 12.1 Å². The van der Waals surface area contributed by atoms with Crippen molar-refractivity contribution in [1.29, 1.82) is 0 Å². The molecular weight excluding hydrogens is 367 g/mol. The van der Waals surface area contributed by atoms with Gasteiger partial charge in [-0.15, -0.1) is 0 Å². The second-order valence-corrected chi connectivity index (χ2v) is 9.35. The fourth-order valence-corrected chi connectivity index (χ4v) is 5.85. The first-order valence-electron chi connectivity index (χ1n) is 8.98. The molecule has 2 fully saturated rings. The van der Waals surface area contributed by atoms with Crippen LogP contribution in [0.25, 0.3) is 0 Å². The van der Waals surface area contributed by atoms with Crippen molar-refractivity contribution in [2.45, 2.75) is 55.5 Å². The quantitative estimate of drug-likeness (QED) is 0.573. The van der Waals surface area contributed by atoms with E-state index >= 15 is 0 Å². The second kappa shape index (κ2) is 5.86. The summed E-state index contributed by atoms with van der Waals surface area (Å²) in [5.41, 5.74) is -3.38. The van der Waals surface area contributed by atoms with Gasteiger partial charge in [0, 0.05) is 11.5 Å². The molecule has 1 aliphatic heterocycles. The van der Waals surface area contributed by atoms with Crippen LogP contribution in [-0.4, -0.2) is 38.5 Å². The molecule has 0 radical (unpaired) electrons. The Morgan fingerprint density at radius 1 is 1.23 bits per heavy atom. The van der Waals surface area contributed by atoms with E-state index in [1.165, 1.54) is 12.5 Å². The number of halogens is 3. The van der Waals surface area contributed by atoms with Crippen molar-refractivity contribution in [1.82, 2.24) is 4.90 Å². The van der Waals surface area contributed by atoms with Crippen LogP contribution in [0.5, 0.6) is 5.75 Å². The maximum Gasteiger partial charge on any atom is 0.534 e. The summed E-state index contributed by atoms with van der Waals surface area (Å²) in [6, 6.07) is 5.09. The van der Waals surface area contributed by atoms with Gasteiger partial charge in [0.05, 0.1) is 0 Å². The predicted octanol–water partition coefficient (Wildman–Crippen LogP) is 3.60. The van der Waals surface area contributed by atoms with Crippen LogP contribution in [0.15, 0.2) is 18.2 Å². The maximum atomic E-state index is 12.7. The zero-order valence-electron chi connectivity index (χ0n) is 14.6. The summed E-state index contributed by atoms with van der Waals surface area (Å²) < 4.78 is 65.1. The van der Waals surface area contributed by atoms with Crippen molar-refractivity contribution in [3.63, 3.8) is 0 Å². The molecule has 1 saturated heterocycles. The van der Waals surface area contributed by atoms with Gasteiger partial charge >= 0.3 is 15.6 Å². The van der Waals surface area contributed by atoms with E-state index in [4.69, 9.17) is 0 Å². The van der Waals surface area contributed by atoms with Crippen molar-refractivity contribution in [2.75, 3.05) is 13.6 Å². The van der Waals surface area contributed by atoms with Gasteiger partial charge < -0.3 is 9.08 Å². The third-order valence-electron chi connectivity index (χ3n) is 6.58. The lowest BCUT2D eigenvalue weighted by molar-refractivity contribution is -0.0500. The highest BCUT2D eigenvalue weighted by Gasteiger charge is 2.53. The number of hydrogen-bond donors (Lipinski definition) is 0. The molecule has 3 aliphatic rings. The van der Waals surface area contributed by atoms with E-state index in [1.807, 2.05) is 0 Å². The number of rotatable bonds is 2. The Morgan fingerprint density at radius 3 is 2.73 bits per heavy atom. The lowest BCUT2D eigenvalue weighted by Gasteiger charge is -2.58. The first-order valence-corrected chi connectivity index (χ1v) is 10.4. The zero-order valence-corrected chi connectivity index (χ0v) is 15.4. The minimum atomic E-state index is -5.65. The molecule has 8 heteroatoms. The highest BCUT2D eigenvalue weighted by Crippen LogP contribution is 2.56. The Morgan fingerprint density at radius 2 is 2.00 bits per heavy atom. The van der Waals surface area contributed by atoms with Crippen molar-refractivity contribution in [3.8, 4) is 5.75 Å². The highest BCUT2D eigenvalue weighted by molar-refractivity contribution is 7.88. The van der Waals surface area contributed by atoms with E-state index in [0.29, 0.717) is 12.0 Å². The topological polar surface area (TPSA) is 46.6 Å². The number of alkyl halides is 3. The average molecular weight is 389 g/mol. The number of piperidine rings is 1. The third-order valence-corrected chi connectivity index (χ3v) is 7.55. The molecule has 0 spiro atoms. The summed E-state index contributed by atoms with van der Waals surface area (Å²) in [6.07, 6.45) is 6.19. The molecule has 3 atom stereocenters. The first kappa shape index (κ1) is 18.1. The SMILES string of the molecule is CN1CC[C@@]23CCCC[C@@H]2[C@@H]1Cc1ccc(OS(=O)(=O)C(F)(F)F)cc13. The Kier molecular flexibility index (Phi) is 4.08. The monoisotopic (exact) mass is 389 g/mol. The molecule has 0 N–H and O–H groups in total. The van der Waals surface area contributed by atoms with Gasteiger partial charge in [-0.25, -0.2) is 0 Å². The molecule has 4 rings (SSSR count). The Labute approximate surface area is 151 Å². The van der Waals surface area contributed by atoms with Crippen molar-refractivity contribution in [2.24, 2.45) is 5.92 Å². The van der Waals surface area contributed by atoms with Gasteiger partial charge in [0.15, 0.2) is 0 Å². The van der Waals surface area contributed by atoms with Gasteiger partial charge in [-0.2, -0.15) is 21.6 Å². The summed E-state index contributed by atoms with van der Waals surface area (Å²) in [7, 11) is -3.51. The van der Waals surface area contributed by atoms with Crippen molar-refractivity contribution >= 4 is 10.1 Å². The molecule has 26 heavy (non-hydrogen) atoms. The molecule has 4 nitrogen and oxygen atoms in total. The molecule has 1 aromatic carbocycles. The molecule has 1 aromatic rings. The van der Waals surface area contributed by atoms with Gasteiger partial charge in [0.25, 0.3) is 0 Å². The second-order valence-electron chi connectivity index (χ2n) is 7.81. The van der Waals surface area contributed by atoms with E-state index in [-0.39, 0.29) is 11.2 Å². The standard InChI is InChI=1S/C18H22F3NO3S/c1-22-9-8-17-7-3-2-4-14(17)16(22)10-12-5-6-13(11-15(12)17)25-26(23,24)18(19,20)21/h5-6,11,14,16H,2-4,7-10H2,1H3/t14-,16+,17+/m1/s1. The predicted molar refractivity (Wildman–Crippen MR) is 90.4 cm³/mol. The van der Waals surface area contributed by atoms with Crippen LogP contribution in [0, 0.1) is 5.92 Å². The number of likely N-dealkylation sites (N-methyl/N-ethyl adjacent to an activating group) is 1. The summed E-state index contributed by atoms with van der Waals surface area (Å²) in [4.78, 5) is 2.40. The zero-order chi connectivity index (χ0) is 18.7. The minimum Gasteiger partial charge on any atom is -0.376 e. The molecule has 1 heterocycles. The van der Waals surface area contributed by atoms with E-state index < -0.39 is 15.6 Å². The summed E-state index contributed by atoms with van der Waals surface area (Å²) >= 11 is 0. The molecule has 0 amide bonds. The van der Waals surface area contributed by atoms with E-state index in [9.17, 15) is 21.6 Å². The fraction of sp³-hybridized carbons (Fsp3) is 0.667. The summed E-state index contributed by atoms with van der Waals surface area (Å²) in [6.45, 7) is 0.951. The smallest absolute Gasteiger partial charge is 0.376 e. The molecule has 144 valence electrons. The first-order chi connectivity index (χ1) is 12.1. The summed E-state index contributed by atoms with van der Waals surface area (Å²) in [5.74, 6) is 0.231. The minimum absolute atomic E-state index is 0.0651.